The number of aromatic nitrogens is 3. The fourth-order valence-corrected chi connectivity index (χ4v) is 6.69. The van der Waals surface area contributed by atoms with E-state index in [1.807, 2.05) is 21.7 Å². The lowest BCUT2D eigenvalue weighted by Crippen LogP contribution is -2.57. The van der Waals surface area contributed by atoms with Gasteiger partial charge in [-0.25, -0.2) is 14.2 Å². The molecule has 0 saturated carbocycles. The Bertz CT molecular complexity index is 1290. The highest BCUT2D eigenvalue weighted by atomic mass is 19.1. The number of piperidine rings is 1. The first kappa shape index (κ1) is 27.7. The summed E-state index contributed by atoms with van der Waals surface area (Å²) in [4.78, 5) is 32.8. The maximum atomic E-state index is 13.1. The minimum atomic E-state index is -0.990. The molecule has 4 fully saturated rings. The molecule has 41 heavy (non-hydrogen) atoms. The van der Waals surface area contributed by atoms with Crippen molar-refractivity contribution in [1.82, 2.24) is 24.4 Å². The number of hydrogen-bond donors (Lipinski definition) is 2. The van der Waals surface area contributed by atoms with Gasteiger partial charge in [-0.2, -0.15) is 9.61 Å². The summed E-state index contributed by atoms with van der Waals surface area (Å²) in [5.74, 6) is 0.733. The first-order valence-corrected chi connectivity index (χ1v) is 14.9. The molecule has 0 spiro atoms. The molecule has 2 N–H and O–H groups in total. The van der Waals surface area contributed by atoms with E-state index in [2.05, 4.69) is 36.2 Å². The highest BCUT2D eigenvalue weighted by Crippen LogP contribution is 2.39. The topological polar surface area (TPSA) is 113 Å². The summed E-state index contributed by atoms with van der Waals surface area (Å²) in [7, 11) is 0. The molecule has 0 radical (unpaired) electrons. The van der Waals surface area contributed by atoms with Crippen LogP contribution in [0.4, 0.5) is 20.8 Å². The Balaban J connectivity index is 1.08. The fourth-order valence-electron chi connectivity index (χ4n) is 6.69. The van der Waals surface area contributed by atoms with E-state index >= 15 is 0 Å². The molecule has 222 valence electrons. The molecule has 2 aromatic rings. The molecule has 2 amide bonds. The second-order valence-corrected chi connectivity index (χ2v) is 12.2. The average molecular weight is 570 g/mol. The van der Waals surface area contributed by atoms with Crippen molar-refractivity contribution in [3.63, 3.8) is 0 Å². The molecule has 3 atom stereocenters. The molecular weight excluding hydrogens is 529 g/mol. The average Bonchev–Trinajstić information content (AvgIpc) is 3.47. The number of amides is 2. The van der Waals surface area contributed by atoms with Gasteiger partial charge in [-0.3, -0.25) is 4.79 Å². The smallest absolute Gasteiger partial charge is 0.410 e. The third kappa shape index (κ3) is 5.71. The van der Waals surface area contributed by atoms with Crippen molar-refractivity contribution in [2.75, 3.05) is 43.5 Å². The lowest BCUT2D eigenvalue weighted by molar-refractivity contribution is -0.139. The van der Waals surface area contributed by atoms with Gasteiger partial charge in [0.05, 0.1) is 19.3 Å². The van der Waals surface area contributed by atoms with E-state index in [4.69, 9.17) is 14.5 Å². The normalized spacial score (nSPS) is 24.9. The third-order valence-electron chi connectivity index (χ3n) is 8.94. The minimum Gasteiger partial charge on any atom is -0.442 e. The van der Waals surface area contributed by atoms with Gasteiger partial charge in [-0.15, -0.1) is 0 Å². The molecule has 6 rings (SSSR count). The highest BCUT2D eigenvalue weighted by Gasteiger charge is 2.45. The van der Waals surface area contributed by atoms with Crippen molar-refractivity contribution in [3.05, 3.63) is 30.2 Å². The molecule has 6 heterocycles. The van der Waals surface area contributed by atoms with E-state index in [-0.39, 0.29) is 31.3 Å². The largest absolute Gasteiger partial charge is 0.442 e. The first-order chi connectivity index (χ1) is 19.8. The second-order valence-electron chi connectivity index (χ2n) is 12.2. The zero-order valence-electron chi connectivity index (χ0n) is 23.9. The molecule has 2 aromatic heterocycles. The maximum absolute atomic E-state index is 13.1. The first-order valence-electron chi connectivity index (χ1n) is 14.9. The third-order valence-corrected chi connectivity index (χ3v) is 8.94. The highest BCUT2D eigenvalue weighted by molar-refractivity contribution is 5.91. The number of carbonyl (C=O) groups is 2. The summed E-state index contributed by atoms with van der Waals surface area (Å²) in [6, 6.07) is 2.66. The van der Waals surface area contributed by atoms with Gasteiger partial charge in [-0.1, -0.05) is 20.4 Å². The lowest BCUT2D eigenvalue weighted by Gasteiger charge is -2.42. The van der Waals surface area contributed by atoms with Crippen molar-refractivity contribution >= 4 is 29.3 Å². The number of carbonyl (C=O) groups excluding carboxylic acids is 2. The number of nitrogens with zero attached hydrogens (tertiary/aromatic N) is 5. The van der Waals surface area contributed by atoms with Crippen molar-refractivity contribution in [3.8, 4) is 0 Å². The van der Waals surface area contributed by atoms with Gasteiger partial charge in [0.1, 0.15) is 17.7 Å². The van der Waals surface area contributed by atoms with E-state index < -0.39 is 17.8 Å². The number of nitrogens with one attached hydrogen (secondary N) is 2. The van der Waals surface area contributed by atoms with Crippen LogP contribution >= 0.6 is 0 Å². The summed E-state index contributed by atoms with van der Waals surface area (Å²) in [5.41, 5.74) is 1.98. The Morgan fingerprint density at radius 2 is 1.88 bits per heavy atom. The second kappa shape index (κ2) is 11.5. The Labute approximate surface area is 239 Å². The van der Waals surface area contributed by atoms with Crippen LogP contribution < -0.4 is 10.6 Å². The van der Waals surface area contributed by atoms with Crippen molar-refractivity contribution in [2.45, 2.75) is 82.5 Å². The SMILES string of the molecule is C=C(F)C(=O)N1CC(OC(=O)N2[C@@H]3CC[C@H]2CC(CNc2cc(NC4CCOCC4)nc4c(C(C)C)cnn24)C3)C1. The zero-order chi connectivity index (χ0) is 28.7. The van der Waals surface area contributed by atoms with Crippen LogP contribution in [0, 0.1) is 5.92 Å². The zero-order valence-corrected chi connectivity index (χ0v) is 23.9. The monoisotopic (exact) mass is 569 g/mol. The number of anilines is 2. The molecule has 4 aliphatic rings. The van der Waals surface area contributed by atoms with Gasteiger partial charge < -0.3 is 29.9 Å². The van der Waals surface area contributed by atoms with Crippen LogP contribution in [-0.2, 0) is 14.3 Å². The molecule has 0 aliphatic carbocycles. The van der Waals surface area contributed by atoms with Crippen molar-refractivity contribution in [2.24, 2.45) is 5.92 Å². The Morgan fingerprint density at radius 3 is 2.54 bits per heavy atom. The lowest BCUT2D eigenvalue weighted by atomic mass is 9.91. The van der Waals surface area contributed by atoms with Crippen LogP contribution in [0.1, 0.15) is 63.9 Å². The summed E-state index contributed by atoms with van der Waals surface area (Å²) >= 11 is 0. The quantitative estimate of drug-likeness (QED) is 0.460. The molecular formula is C29H40FN7O4. The Hall–Kier alpha value is -3.41. The van der Waals surface area contributed by atoms with Gasteiger partial charge in [0.25, 0.3) is 5.91 Å². The minimum absolute atomic E-state index is 0.136. The summed E-state index contributed by atoms with van der Waals surface area (Å²) in [5, 5.41) is 11.9. The maximum Gasteiger partial charge on any atom is 0.410 e. The van der Waals surface area contributed by atoms with Crippen LogP contribution in [0.15, 0.2) is 24.7 Å². The van der Waals surface area contributed by atoms with Crippen LogP contribution in [-0.4, -0.2) is 93.5 Å². The predicted octanol–water partition coefficient (Wildman–Crippen LogP) is 3.93. The summed E-state index contributed by atoms with van der Waals surface area (Å²) in [6.45, 7) is 10.1. The van der Waals surface area contributed by atoms with Crippen LogP contribution in [0.5, 0.6) is 0 Å². The Morgan fingerprint density at radius 1 is 1.17 bits per heavy atom. The van der Waals surface area contributed by atoms with Gasteiger partial charge in [0.15, 0.2) is 11.5 Å². The molecule has 4 saturated heterocycles. The molecule has 12 heteroatoms. The fraction of sp³-hybridized carbons (Fsp3) is 0.655. The standard InChI is InChI=1S/C29H40FN7O4/c1-17(2)24-14-32-37-26(12-25(34-27(24)37)33-20-6-8-40-9-7-20)31-13-19-10-21-4-5-22(11-19)36(21)29(39)41-23-15-35(16-23)28(38)18(3)30/h12,14,17,19-23,31H,3-11,13,15-16H2,1-2H3,(H,33,34)/t19?,21-,22+. The van der Waals surface area contributed by atoms with Gasteiger partial charge in [0, 0.05) is 49.5 Å². The number of rotatable bonds is 8. The van der Waals surface area contributed by atoms with E-state index in [9.17, 15) is 14.0 Å². The number of fused-ring (bicyclic) bond motifs is 3. The van der Waals surface area contributed by atoms with Crippen molar-refractivity contribution in [1.29, 1.82) is 0 Å². The van der Waals surface area contributed by atoms with Crippen LogP contribution in [0.25, 0.3) is 5.65 Å². The predicted molar refractivity (Wildman–Crippen MR) is 151 cm³/mol. The van der Waals surface area contributed by atoms with Crippen molar-refractivity contribution < 1.29 is 23.5 Å². The number of ether oxygens (including phenoxy) is 2. The Kier molecular flexibility index (Phi) is 7.76. The van der Waals surface area contributed by atoms with Gasteiger partial charge >= 0.3 is 6.09 Å². The van der Waals surface area contributed by atoms with E-state index in [1.165, 1.54) is 4.90 Å². The molecule has 0 aromatic carbocycles. The van der Waals surface area contributed by atoms with E-state index in [0.29, 0.717) is 17.9 Å². The van der Waals surface area contributed by atoms with E-state index in [1.54, 1.807) is 0 Å². The van der Waals surface area contributed by atoms with Crippen LogP contribution in [0.2, 0.25) is 0 Å². The van der Waals surface area contributed by atoms with E-state index in [0.717, 1.165) is 81.1 Å². The molecule has 1 unspecified atom stereocenters. The summed E-state index contributed by atoms with van der Waals surface area (Å²) < 4.78 is 26.2. The molecule has 2 bridgehead atoms. The van der Waals surface area contributed by atoms with Gasteiger partial charge in [-0.05, 0) is 50.4 Å². The number of halogens is 1. The number of likely N-dealkylation sites (tertiary alicyclic amines) is 1. The molecule has 11 nitrogen and oxygen atoms in total. The van der Waals surface area contributed by atoms with Crippen LogP contribution in [0.3, 0.4) is 0 Å². The summed E-state index contributed by atoms with van der Waals surface area (Å²) in [6.07, 6.45) is 6.82. The number of hydrogen-bond acceptors (Lipinski definition) is 8. The van der Waals surface area contributed by atoms with Gasteiger partial charge in [0.2, 0.25) is 0 Å². The molecule has 4 aliphatic heterocycles.